The van der Waals surface area contributed by atoms with Crippen LogP contribution in [0.2, 0.25) is 0 Å². The van der Waals surface area contributed by atoms with Crippen LogP contribution in [0.3, 0.4) is 0 Å². The maximum atomic E-state index is 12.5. The Kier molecular flexibility index (Phi) is 5.42. The lowest BCUT2D eigenvalue weighted by molar-refractivity contribution is -0.124. The SMILES string of the molecule is O=C(COc1ccc2oc(-c3ccccc3)cc(=O)c2c1)NC1CCCCC1. The third-order valence-corrected chi connectivity index (χ3v) is 5.10. The highest BCUT2D eigenvalue weighted by atomic mass is 16.5. The van der Waals surface area contributed by atoms with Gasteiger partial charge < -0.3 is 14.5 Å². The lowest BCUT2D eigenvalue weighted by atomic mass is 9.95. The lowest BCUT2D eigenvalue weighted by Gasteiger charge is -2.22. The van der Waals surface area contributed by atoms with Gasteiger partial charge in [0.25, 0.3) is 5.91 Å². The molecule has 5 heteroatoms. The molecule has 1 fully saturated rings. The second-order valence-electron chi connectivity index (χ2n) is 7.19. The van der Waals surface area contributed by atoms with E-state index < -0.39 is 0 Å². The first-order valence-electron chi connectivity index (χ1n) is 9.74. The summed E-state index contributed by atoms with van der Waals surface area (Å²) in [4.78, 5) is 24.6. The fourth-order valence-electron chi connectivity index (χ4n) is 3.63. The molecule has 5 nitrogen and oxygen atoms in total. The topological polar surface area (TPSA) is 68.5 Å². The number of hydrogen-bond donors (Lipinski definition) is 1. The molecule has 1 amide bonds. The summed E-state index contributed by atoms with van der Waals surface area (Å²) < 4.78 is 11.5. The molecule has 0 saturated heterocycles. The lowest BCUT2D eigenvalue weighted by Crippen LogP contribution is -2.38. The molecule has 1 aliphatic carbocycles. The monoisotopic (exact) mass is 377 g/mol. The van der Waals surface area contributed by atoms with E-state index in [1.807, 2.05) is 30.3 Å². The first kappa shape index (κ1) is 18.3. The van der Waals surface area contributed by atoms with E-state index in [4.69, 9.17) is 9.15 Å². The molecule has 0 aliphatic heterocycles. The minimum atomic E-state index is -0.141. The Balaban J connectivity index is 1.46. The molecule has 1 aliphatic rings. The second kappa shape index (κ2) is 8.30. The van der Waals surface area contributed by atoms with Gasteiger partial charge in [0.1, 0.15) is 17.1 Å². The largest absolute Gasteiger partial charge is 0.484 e. The number of hydrogen-bond acceptors (Lipinski definition) is 4. The Bertz CT molecular complexity index is 1020. The van der Waals surface area contributed by atoms with E-state index in [1.165, 1.54) is 12.5 Å². The molecule has 0 spiro atoms. The van der Waals surface area contributed by atoms with Gasteiger partial charge in [0.15, 0.2) is 12.0 Å². The molecule has 144 valence electrons. The molecular formula is C23H23NO4. The van der Waals surface area contributed by atoms with E-state index in [1.54, 1.807) is 18.2 Å². The average Bonchev–Trinajstić information content (AvgIpc) is 2.74. The third-order valence-electron chi connectivity index (χ3n) is 5.10. The molecule has 1 aromatic heterocycles. The predicted molar refractivity (Wildman–Crippen MR) is 108 cm³/mol. The van der Waals surface area contributed by atoms with Crippen LogP contribution < -0.4 is 15.5 Å². The highest BCUT2D eigenvalue weighted by molar-refractivity contribution is 5.81. The van der Waals surface area contributed by atoms with Crippen LogP contribution >= 0.6 is 0 Å². The van der Waals surface area contributed by atoms with Crippen molar-refractivity contribution in [3.8, 4) is 17.1 Å². The van der Waals surface area contributed by atoms with Crippen LogP contribution in [0.5, 0.6) is 5.75 Å². The zero-order valence-corrected chi connectivity index (χ0v) is 15.6. The number of benzene rings is 2. The smallest absolute Gasteiger partial charge is 0.258 e. The standard InChI is InChI=1S/C23H23NO4/c25-20-14-22(16-7-3-1-4-8-16)28-21-12-11-18(13-19(20)21)27-15-23(26)24-17-9-5-2-6-10-17/h1,3-4,7-8,11-14,17H,2,5-6,9-10,15H2,(H,24,26). The van der Waals surface area contributed by atoms with Gasteiger partial charge in [-0.15, -0.1) is 0 Å². The Labute approximate surface area is 163 Å². The number of carbonyl (C=O) groups excluding carboxylic acids is 1. The number of rotatable bonds is 5. The van der Waals surface area contributed by atoms with Gasteiger partial charge in [-0.1, -0.05) is 49.6 Å². The van der Waals surface area contributed by atoms with Gasteiger partial charge in [-0.3, -0.25) is 9.59 Å². The molecule has 2 aromatic carbocycles. The van der Waals surface area contributed by atoms with Crippen LogP contribution in [0.4, 0.5) is 0 Å². The van der Waals surface area contributed by atoms with E-state index >= 15 is 0 Å². The van der Waals surface area contributed by atoms with Gasteiger partial charge in [-0.25, -0.2) is 0 Å². The van der Waals surface area contributed by atoms with Crippen molar-refractivity contribution >= 4 is 16.9 Å². The number of amides is 1. The van der Waals surface area contributed by atoms with Crippen molar-refractivity contribution in [3.63, 3.8) is 0 Å². The normalized spacial score (nSPS) is 14.7. The number of carbonyl (C=O) groups is 1. The van der Waals surface area contributed by atoms with Crippen molar-refractivity contribution in [1.82, 2.24) is 5.32 Å². The maximum absolute atomic E-state index is 12.5. The summed E-state index contributed by atoms with van der Waals surface area (Å²) in [5.74, 6) is 0.878. The molecule has 3 aromatic rings. The van der Waals surface area contributed by atoms with Crippen LogP contribution in [-0.4, -0.2) is 18.6 Å². The van der Waals surface area contributed by atoms with E-state index in [0.29, 0.717) is 22.5 Å². The quantitative estimate of drug-likeness (QED) is 0.720. The van der Waals surface area contributed by atoms with E-state index in [2.05, 4.69) is 5.32 Å². The van der Waals surface area contributed by atoms with Gasteiger partial charge in [-0.2, -0.15) is 0 Å². The van der Waals surface area contributed by atoms with Crippen molar-refractivity contribution in [2.24, 2.45) is 0 Å². The Morgan fingerprint density at radius 3 is 2.61 bits per heavy atom. The molecule has 1 saturated carbocycles. The number of ether oxygens (including phenoxy) is 1. The molecular weight excluding hydrogens is 354 g/mol. The molecule has 0 radical (unpaired) electrons. The molecule has 1 N–H and O–H groups in total. The molecule has 0 atom stereocenters. The summed E-state index contributed by atoms with van der Waals surface area (Å²) in [7, 11) is 0. The van der Waals surface area contributed by atoms with Gasteiger partial charge in [0, 0.05) is 17.7 Å². The first-order valence-corrected chi connectivity index (χ1v) is 9.74. The minimum absolute atomic E-state index is 0.0601. The summed E-state index contributed by atoms with van der Waals surface area (Å²) in [6.07, 6.45) is 5.64. The predicted octanol–water partition coefficient (Wildman–Crippen LogP) is 4.29. The molecule has 0 unspecified atom stereocenters. The van der Waals surface area contributed by atoms with Crippen LogP contribution in [0.1, 0.15) is 32.1 Å². The molecule has 0 bridgehead atoms. The maximum Gasteiger partial charge on any atom is 0.258 e. The molecule has 28 heavy (non-hydrogen) atoms. The van der Waals surface area contributed by atoms with Gasteiger partial charge in [0.05, 0.1) is 5.39 Å². The third kappa shape index (κ3) is 4.25. The molecule has 4 rings (SSSR count). The highest BCUT2D eigenvalue weighted by Gasteiger charge is 2.16. The summed E-state index contributed by atoms with van der Waals surface area (Å²) in [5.41, 5.74) is 1.20. The van der Waals surface area contributed by atoms with Crippen molar-refractivity contribution in [2.45, 2.75) is 38.1 Å². The van der Waals surface area contributed by atoms with Crippen molar-refractivity contribution in [2.75, 3.05) is 6.61 Å². The number of fused-ring (bicyclic) bond motifs is 1. The van der Waals surface area contributed by atoms with Gasteiger partial charge in [0.2, 0.25) is 0 Å². The van der Waals surface area contributed by atoms with Crippen LogP contribution in [0, 0.1) is 0 Å². The van der Waals surface area contributed by atoms with E-state index in [-0.39, 0.29) is 24.0 Å². The Morgan fingerprint density at radius 2 is 1.82 bits per heavy atom. The first-order chi connectivity index (χ1) is 13.7. The zero-order chi connectivity index (χ0) is 19.3. The van der Waals surface area contributed by atoms with Crippen molar-refractivity contribution < 1.29 is 13.9 Å². The van der Waals surface area contributed by atoms with E-state index in [0.717, 1.165) is 31.2 Å². The Morgan fingerprint density at radius 1 is 1.04 bits per heavy atom. The fourth-order valence-corrected chi connectivity index (χ4v) is 3.63. The number of nitrogens with one attached hydrogen (secondary N) is 1. The van der Waals surface area contributed by atoms with Gasteiger partial charge >= 0.3 is 0 Å². The van der Waals surface area contributed by atoms with Crippen molar-refractivity contribution in [1.29, 1.82) is 0 Å². The summed E-state index contributed by atoms with van der Waals surface area (Å²) in [5, 5.41) is 3.45. The Hall–Kier alpha value is -3.08. The molecule has 1 heterocycles. The summed E-state index contributed by atoms with van der Waals surface area (Å²) >= 11 is 0. The second-order valence-corrected chi connectivity index (χ2v) is 7.19. The van der Waals surface area contributed by atoms with Crippen LogP contribution in [0.25, 0.3) is 22.3 Å². The summed E-state index contributed by atoms with van der Waals surface area (Å²) in [6, 6.07) is 16.3. The van der Waals surface area contributed by atoms with Crippen molar-refractivity contribution in [3.05, 3.63) is 64.8 Å². The van der Waals surface area contributed by atoms with Gasteiger partial charge in [-0.05, 0) is 31.0 Å². The van der Waals surface area contributed by atoms with Crippen LogP contribution in [-0.2, 0) is 4.79 Å². The van der Waals surface area contributed by atoms with E-state index in [9.17, 15) is 9.59 Å². The summed E-state index contributed by atoms with van der Waals surface area (Å²) in [6.45, 7) is -0.0601. The van der Waals surface area contributed by atoms with Crippen LogP contribution in [0.15, 0.2) is 63.8 Å². The average molecular weight is 377 g/mol. The minimum Gasteiger partial charge on any atom is -0.484 e. The zero-order valence-electron chi connectivity index (χ0n) is 15.6. The fraction of sp³-hybridized carbons (Fsp3) is 0.304. The highest BCUT2D eigenvalue weighted by Crippen LogP contribution is 2.24.